The molecular formula is C20H31NOS. The maximum absolute atomic E-state index is 12.5. The van der Waals surface area contributed by atoms with Crippen molar-refractivity contribution in [2.75, 3.05) is 12.8 Å². The summed E-state index contributed by atoms with van der Waals surface area (Å²) in [5.41, 5.74) is 2.78. The zero-order valence-electron chi connectivity index (χ0n) is 15.2. The fourth-order valence-electron chi connectivity index (χ4n) is 2.13. The van der Waals surface area contributed by atoms with Gasteiger partial charge in [-0.3, -0.25) is 4.79 Å². The van der Waals surface area contributed by atoms with E-state index in [1.807, 2.05) is 45.9 Å². The Hall–Kier alpha value is -1.74. The molecule has 1 amide bonds. The number of thiol groups is 1. The number of hydrogen-bond donors (Lipinski definition) is 1. The monoisotopic (exact) mass is 333 g/mol. The Balaban J connectivity index is 0. The van der Waals surface area contributed by atoms with Crippen molar-refractivity contribution in [3.63, 3.8) is 0 Å². The molecule has 0 spiro atoms. The first kappa shape index (κ1) is 23.5. The highest BCUT2D eigenvalue weighted by Crippen LogP contribution is 2.28. The van der Waals surface area contributed by atoms with Crippen molar-refractivity contribution < 1.29 is 4.79 Å². The van der Waals surface area contributed by atoms with E-state index in [4.69, 9.17) is 0 Å². The molecule has 0 saturated carbocycles. The van der Waals surface area contributed by atoms with Gasteiger partial charge in [0.15, 0.2) is 0 Å². The first-order valence-corrected chi connectivity index (χ1v) is 8.79. The van der Waals surface area contributed by atoms with Gasteiger partial charge in [-0.05, 0) is 38.2 Å². The molecule has 1 saturated heterocycles. The molecule has 0 aliphatic carbocycles. The number of carbonyl (C=O) groups is 1. The zero-order chi connectivity index (χ0) is 18.3. The molecule has 0 atom stereocenters. The fraction of sp³-hybridized carbons (Fsp3) is 0.350. The minimum Gasteiger partial charge on any atom is -0.308 e. The van der Waals surface area contributed by atoms with Gasteiger partial charge in [0.05, 0.1) is 0 Å². The summed E-state index contributed by atoms with van der Waals surface area (Å²) in [5.74, 6) is 0.00273. The van der Waals surface area contributed by atoms with E-state index in [0.29, 0.717) is 12.1 Å². The lowest BCUT2D eigenvalue weighted by Gasteiger charge is -2.18. The van der Waals surface area contributed by atoms with Crippen molar-refractivity contribution in [3.05, 3.63) is 72.5 Å². The molecule has 0 aromatic carbocycles. The van der Waals surface area contributed by atoms with E-state index in [2.05, 4.69) is 31.9 Å². The van der Waals surface area contributed by atoms with Crippen LogP contribution in [0.25, 0.3) is 0 Å². The van der Waals surface area contributed by atoms with E-state index in [-0.39, 0.29) is 5.91 Å². The predicted octanol–water partition coefficient (Wildman–Crippen LogP) is 5.50. The van der Waals surface area contributed by atoms with Crippen molar-refractivity contribution in [1.29, 1.82) is 0 Å². The standard InChI is InChI=1S/C17H21NO.C2H6.CH4S/c1-5-9-15(10-6-2)17(19)18-13-12-14(8-4)16(18)11-7-3;2*1-2/h5-11H,1,3,12-13H2,2,4H3;1-2H3;2H,1H3/b10-6-,14-8-,15-9+,16-11+;;. The van der Waals surface area contributed by atoms with E-state index in [1.54, 1.807) is 29.4 Å². The van der Waals surface area contributed by atoms with Gasteiger partial charge in [0.1, 0.15) is 0 Å². The fourth-order valence-corrected chi connectivity index (χ4v) is 2.13. The normalized spacial score (nSPS) is 17.5. The molecule has 1 rings (SSSR count). The number of hydrogen-bond acceptors (Lipinski definition) is 2. The Labute approximate surface area is 148 Å². The average Bonchev–Trinajstić information content (AvgIpc) is 3.01. The summed E-state index contributed by atoms with van der Waals surface area (Å²) in [6.07, 6.45) is 15.3. The molecule has 0 unspecified atom stereocenters. The van der Waals surface area contributed by atoms with E-state index in [1.165, 1.54) is 5.57 Å². The minimum atomic E-state index is 0.00273. The topological polar surface area (TPSA) is 20.3 Å². The van der Waals surface area contributed by atoms with Gasteiger partial charge in [-0.15, -0.1) is 0 Å². The molecule has 0 bridgehead atoms. The van der Waals surface area contributed by atoms with E-state index in [9.17, 15) is 4.79 Å². The first-order chi connectivity index (χ1) is 11.2. The lowest BCUT2D eigenvalue weighted by molar-refractivity contribution is -0.124. The average molecular weight is 334 g/mol. The summed E-state index contributed by atoms with van der Waals surface area (Å²) >= 11 is 3.53. The van der Waals surface area contributed by atoms with Crippen molar-refractivity contribution in [2.24, 2.45) is 0 Å². The summed E-state index contributed by atoms with van der Waals surface area (Å²) in [5, 5.41) is 0. The van der Waals surface area contributed by atoms with Crippen molar-refractivity contribution in [2.45, 2.75) is 34.1 Å². The molecule has 2 nitrogen and oxygen atoms in total. The highest BCUT2D eigenvalue weighted by Gasteiger charge is 2.27. The highest BCUT2D eigenvalue weighted by molar-refractivity contribution is 7.79. The van der Waals surface area contributed by atoms with Crippen molar-refractivity contribution >= 4 is 18.5 Å². The minimum absolute atomic E-state index is 0.00273. The summed E-state index contributed by atoms with van der Waals surface area (Å²) in [6.45, 7) is 16.0. The van der Waals surface area contributed by atoms with Crippen LogP contribution in [0.15, 0.2) is 72.5 Å². The zero-order valence-corrected chi connectivity index (χ0v) is 16.1. The molecule has 0 N–H and O–H groups in total. The Kier molecular flexibility index (Phi) is 15.5. The van der Waals surface area contributed by atoms with Crippen LogP contribution in [0.4, 0.5) is 0 Å². The SMILES string of the molecule is C=C/C=C(\C=C/C)C(=O)N1CCC(=C/C)/C1=C\C=C.CC.CS. The third-order valence-corrected chi connectivity index (χ3v) is 2.98. The number of allylic oxidation sites excluding steroid dienone is 7. The van der Waals surface area contributed by atoms with Gasteiger partial charge in [-0.25, -0.2) is 0 Å². The summed E-state index contributed by atoms with van der Waals surface area (Å²) < 4.78 is 0. The number of likely N-dealkylation sites (tertiary alicyclic amines) is 1. The maximum Gasteiger partial charge on any atom is 0.258 e. The van der Waals surface area contributed by atoms with E-state index >= 15 is 0 Å². The number of nitrogens with zero attached hydrogens (tertiary/aromatic N) is 1. The van der Waals surface area contributed by atoms with Crippen LogP contribution in [0.2, 0.25) is 0 Å². The van der Waals surface area contributed by atoms with Gasteiger partial charge in [-0.1, -0.05) is 63.5 Å². The van der Waals surface area contributed by atoms with E-state index < -0.39 is 0 Å². The van der Waals surface area contributed by atoms with Gasteiger partial charge in [0.2, 0.25) is 0 Å². The molecule has 3 heteroatoms. The Morgan fingerprint density at radius 1 is 1.17 bits per heavy atom. The van der Waals surface area contributed by atoms with Gasteiger partial charge in [0.25, 0.3) is 5.91 Å². The van der Waals surface area contributed by atoms with Crippen molar-refractivity contribution in [3.8, 4) is 0 Å². The predicted molar refractivity (Wildman–Crippen MR) is 108 cm³/mol. The second-order valence-electron chi connectivity index (χ2n) is 4.17. The first-order valence-electron chi connectivity index (χ1n) is 7.89. The Bertz CT molecular complexity index is 496. The quantitative estimate of drug-likeness (QED) is 0.409. The van der Waals surface area contributed by atoms with Gasteiger partial charge < -0.3 is 4.90 Å². The lowest BCUT2D eigenvalue weighted by atomic mass is 10.1. The van der Waals surface area contributed by atoms with Crippen molar-refractivity contribution in [1.82, 2.24) is 4.90 Å². The largest absolute Gasteiger partial charge is 0.308 e. The van der Waals surface area contributed by atoms with Crippen LogP contribution < -0.4 is 0 Å². The van der Waals surface area contributed by atoms with E-state index in [0.717, 1.165) is 12.1 Å². The molecule has 1 heterocycles. The van der Waals surface area contributed by atoms with Crippen LogP contribution in [0.5, 0.6) is 0 Å². The number of carbonyl (C=O) groups excluding carboxylic acids is 1. The molecule has 1 aliphatic heterocycles. The molecule has 1 aliphatic rings. The molecule has 0 radical (unpaired) electrons. The Morgan fingerprint density at radius 2 is 1.78 bits per heavy atom. The molecular weight excluding hydrogens is 302 g/mol. The summed E-state index contributed by atoms with van der Waals surface area (Å²) in [6, 6.07) is 0. The second-order valence-corrected chi connectivity index (χ2v) is 4.17. The molecule has 128 valence electrons. The third-order valence-electron chi connectivity index (χ3n) is 2.98. The molecule has 0 aromatic heterocycles. The molecule has 0 aromatic rings. The maximum atomic E-state index is 12.5. The van der Waals surface area contributed by atoms with Gasteiger partial charge in [-0.2, -0.15) is 12.6 Å². The Morgan fingerprint density at radius 3 is 2.22 bits per heavy atom. The van der Waals surface area contributed by atoms with Crippen LogP contribution in [0.1, 0.15) is 34.1 Å². The van der Waals surface area contributed by atoms with Gasteiger partial charge >= 0.3 is 0 Å². The molecule has 1 fully saturated rings. The van der Waals surface area contributed by atoms with Crippen LogP contribution in [0, 0.1) is 0 Å². The van der Waals surface area contributed by atoms with Crippen LogP contribution in [-0.2, 0) is 4.79 Å². The number of amides is 1. The summed E-state index contributed by atoms with van der Waals surface area (Å²) in [4.78, 5) is 14.3. The smallest absolute Gasteiger partial charge is 0.258 e. The molecule has 23 heavy (non-hydrogen) atoms. The third kappa shape index (κ3) is 7.38. The lowest BCUT2D eigenvalue weighted by Crippen LogP contribution is -2.27. The van der Waals surface area contributed by atoms with Gasteiger partial charge in [0, 0.05) is 17.8 Å². The second kappa shape index (κ2) is 15.2. The summed E-state index contributed by atoms with van der Waals surface area (Å²) in [7, 11) is 0. The number of rotatable bonds is 4. The van der Waals surface area contributed by atoms with Crippen LogP contribution >= 0.6 is 12.6 Å². The highest BCUT2D eigenvalue weighted by atomic mass is 32.1. The van der Waals surface area contributed by atoms with Crippen LogP contribution in [0.3, 0.4) is 0 Å². The van der Waals surface area contributed by atoms with Crippen LogP contribution in [-0.4, -0.2) is 23.6 Å².